The van der Waals surface area contributed by atoms with Crippen molar-refractivity contribution in [3.63, 3.8) is 0 Å². The maximum atomic E-state index is 12.0. The highest BCUT2D eigenvalue weighted by molar-refractivity contribution is 7.98. The van der Waals surface area contributed by atoms with Crippen LogP contribution in [0.3, 0.4) is 0 Å². The quantitative estimate of drug-likeness (QED) is 0.632. The lowest BCUT2D eigenvalue weighted by Crippen LogP contribution is -2.49. The molecule has 1 saturated heterocycles. The number of hydrogen-bond acceptors (Lipinski definition) is 7. The number of nitrogens with zero attached hydrogens (tertiary/aromatic N) is 3. The summed E-state index contributed by atoms with van der Waals surface area (Å²) in [5.41, 5.74) is -0.495. The highest BCUT2D eigenvalue weighted by Crippen LogP contribution is 2.24. The summed E-state index contributed by atoms with van der Waals surface area (Å²) >= 11 is 1.49. The SMILES string of the molecule is CCOc1cc(N2CCC[C@H](NC(=O)OC(C)(C)C)C2)nc(SC)n1. The molecule has 1 fully saturated rings. The van der Waals surface area contributed by atoms with Crippen LogP contribution in [0, 0.1) is 0 Å². The van der Waals surface area contributed by atoms with Gasteiger partial charge in [0, 0.05) is 25.2 Å². The molecule has 1 aliphatic heterocycles. The van der Waals surface area contributed by atoms with E-state index in [1.165, 1.54) is 11.8 Å². The predicted octanol–water partition coefficient (Wildman–Crippen LogP) is 3.09. The van der Waals surface area contributed by atoms with Crippen molar-refractivity contribution in [1.82, 2.24) is 15.3 Å². The van der Waals surface area contributed by atoms with Gasteiger partial charge in [-0.15, -0.1) is 0 Å². The van der Waals surface area contributed by atoms with Gasteiger partial charge in [-0.25, -0.2) is 9.78 Å². The van der Waals surface area contributed by atoms with E-state index in [-0.39, 0.29) is 12.1 Å². The number of piperidine rings is 1. The first-order valence-electron chi connectivity index (χ1n) is 8.61. The van der Waals surface area contributed by atoms with Crippen LogP contribution in [0.25, 0.3) is 0 Å². The van der Waals surface area contributed by atoms with Gasteiger partial charge in [-0.1, -0.05) is 11.8 Å². The molecule has 0 saturated carbocycles. The smallest absolute Gasteiger partial charge is 0.407 e. The molecule has 0 radical (unpaired) electrons. The van der Waals surface area contributed by atoms with Crippen molar-refractivity contribution in [2.75, 3.05) is 30.9 Å². The Hall–Kier alpha value is -1.70. The second kappa shape index (κ2) is 8.60. The molecule has 140 valence electrons. The van der Waals surface area contributed by atoms with Crippen LogP contribution in [0.15, 0.2) is 11.2 Å². The molecule has 0 aromatic carbocycles. The van der Waals surface area contributed by atoms with Gasteiger partial charge in [0.15, 0.2) is 5.16 Å². The molecule has 0 aliphatic carbocycles. The van der Waals surface area contributed by atoms with Crippen LogP contribution in [0.5, 0.6) is 5.88 Å². The number of hydrogen-bond donors (Lipinski definition) is 1. The number of thioether (sulfide) groups is 1. The summed E-state index contributed by atoms with van der Waals surface area (Å²) in [6.07, 6.45) is 3.47. The van der Waals surface area contributed by atoms with E-state index in [0.29, 0.717) is 24.2 Å². The van der Waals surface area contributed by atoms with E-state index < -0.39 is 5.60 Å². The number of nitrogens with one attached hydrogen (secondary N) is 1. The van der Waals surface area contributed by atoms with E-state index in [1.54, 1.807) is 0 Å². The Labute approximate surface area is 153 Å². The number of carbonyl (C=O) groups is 1. The van der Waals surface area contributed by atoms with Crippen LogP contribution in [0.2, 0.25) is 0 Å². The van der Waals surface area contributed by atoms with E-state index >= 15 is 0 Å². The molecule has 0 bridgehead atoms. The van der Waals surface area contributed by atoms with Crippen LogP contribution in [-0.4, -0.2) is 53.7 Å². The largest absolute Gasteiger partial charge is 0.478 e. The van der Waals surface area contributed by atoms with Crippen LogP contribution in [-0.2, 0) is 4.74 Å². The lowest BCUT2D eigenvalue weighted by Gasteiger charge is -2.34. The average Bonchev–Trinajstić information content (AvgIpc) is 2.53. The van der Waals surface area contributed by atoms with Crippen LogP contribution < -0.4 is 15.0 Å². The Kier molecular flexibility index (Phi) is 6.75. The summed E-state index contributed by atoms with van der Waals surface area (Å²) in [6, 6.07) is 1.89. The molecule has 1 aromatic heterocycles. The van der Waals surface area contributed by atoms with Crippen molar-refractivity contribution in [2.24, 2.45) is 0 Å². The van der Waals surface area contributed by atoms with E-state index in [2.05, 4.69) is 20.2 Å². The second-order valence-electron chi connectivity index (χ2n) is 6.92. The molecule has 2 heterocycles. The van der Waals surface area contributed by atoms with Crippen molar-refractivity contribution in [3.05, 3.63) is 6.07 Å². The number of alkyl carbamates (subject to hydrolysis) is 1. The number of aromatic nitrogens is 2. The lowest BCUT2D eigenvalue weighted by molar-refractivity contribution is 0.0500. The summed E-state index contributed by atoms with van der Waals surface area (Å²) in [7, 11) is 0. The topological polar surface area (TPSA) is 76.6 Å². The number of ether oxygens (including phenoxy) is 2. The third kappa shape index (κ3) is 6.26. The minimum atomic E-state index is -0.495. The van der Waals surface area contributed by atoms with E-state index in [9.17, 15) is 4.79 Å². The maximum Gasteiger partial charge on any atom is 0.407 e. The molecule has 7 nitrogen and oxygen atoms in total. The highest BCUT2D eigenvalue weighted by atomic mass is 32.2. The van der Waals surface area contributed by atoms with Gasteiger partial charge in [-0.2, -0.15) is 4.98 Å². The van der Waals surface area contributed by atoms with Gasteiger partial charge in [0.1, 0.15) is 11.4 Å². The summed E-state index contributed by atoms with van der Waals surface area (Å²) in [4.78, 5) is 23.1. The fourth-order valence-electron chi connectivity index (χ4n) is 2.64. The Morgan fingerprint density at radius 1 is 1.44 bits per heavy atom. The Bertz CT molecular complexity index is 592. The van der Waals surface area contributed by atoms with Gasteiger partial charge in [-0.3, -0.25) is 0 Å². The fraction of sp³-hybridized carbons (Fsp3) is 0.706. The van der Waals surface area contributed by atoms with E-state index in [1.807, 2.05) is 40.0 Å². The van der Waals surface area contributed by atoms with Crippen LogP contribution in [0.1, 0.15) is 40.5 Å². The summed E-state index contributed by atoms with van der Waals surface area (Å²) in [5.74, 6) is 1.41. The molecule has 1 aliphatic rings. The number of carbonyl (C=O) groups excluding carboxylic acids is 1. The van der Waals surface area contributed by atoms with Gasteiger partial charge in [-0.05, 0) is 46.8 Å². The van der Waals surface area contributed by atoms with Gasteiger partial charge < -0.3 is 19.7 Å². The van der Waals surface area contributed by atoms with Crippen LogP contribution >= 0.6 is 11.8 Å². The lowest BCUT2D eigenvalue weighted by atomic mass is 10.1. The molecule has 1 atom stereocenters. The summed E-state index contributed by atoms with van der Waals surface area (Å²) in [5, 5.41) is 3.64. The number of anilines is 1. The number of amides is 1. The van der Waals surface area contributed by atoms with Crippen molar-refractivity contribution in [1.29, 1.82) is 0 Å². The average molecular weight is 369 g/mol. The molecule has 25 heavy (non-hydrogen) atoms. The molecule has 0 spiro atoms. The van der Waals surface area contributed by atoms with Gasteiger partial charge in [0.05, 0.1) is 6.61 Å². The Balaban J connectivity index is 2.05. The summed E-state index contributed by atoms with van der Waals surface area (Å²) < 4.78 is 10.9. The molecular weight excluding hydrogens is 340 g/mol. The summed E-state index contributed by atoms with van der Waals surface area (Å²) in [6.45, 7) is 9.66. The predicted molar refractivity (Wildman–Crippen MR) is 99.6 cm³/mol. The van der Waals surface area contributed by atoms with E-state index in [4.69, 9.17) is 9.47 Å². The maximum absolute atomic E-state index is 12.0. The molecule has 8 heteroatoms. The zero-order valence-electron chi connectivity index (χ0n) is 15.7. The van der Waals surface area contributed by atoms with Crippen molar-refractivity contribution < 1.29 is 14.3 Å². The Morgan fingerprint density at radius 3 is 2.84 bits per heavy atom. The Morgan fingerprint density at radius 2 is 2.20 bits per heavy atom. The number of rotatable bonds is 5. The second-order valence-corrected chi connectivity index (χ2v) is 7.69. The minimum absolute atomic E-state index is 0.0341. The first-order chi connectivity index (χ1) is 11.8. The highest BCUT2D eigenvalue weighted by Gasteiger charge is 2.25. The molecule has 2 rings (SSSR count). The molecule has 1 N–H and O–H groups in total. The van der Waals surface area contributed by atoms with Gasteiger partial charge in [0.2, 0.25) is 5.88 Å². The minimum Gasteiger partial charge on any atom is -0.478 e. The molecular formula is C17H28N4O3S. The standard InChI is InChI=1S/C17H28N4O3S/c1-6-23-14-10-13(19-15(20-14)25-5)21-9-7-8-12(11-21)18-16(22)24-17(2,3)4/h10,12H,6-9,11H2,1-5H3,(H,18,22)/t12-/m0/s1. The van der Waals surface area contributed by atoms with Gasteiger partial charge >= 0.3 is 6.09 Å². The third-order valence-corrected chi connectivity index (χ3v) is 4.16. The first-order valence-corrected chi connectivity index (χ1v) is 9.83. The normalized spacial score (nSPS) is 18.0. The zero-order valence-corrected chi connectivity index (χ0v) is 16.5. The van der Waals surface area contributed by atoms with Crippen LogP contribution in [0.4, 0.5) is 10.6 Å². The van der Waals surface area contributed by atoms with E-state index in [0.717, 1.165) is 25.2 Å². The van der Waals surface area contributed by atoms with Crippen molar-refractivity contribution in [3.8, 4) is 5.88 Å². The molecule has 1 amide bonds. The fourth-order valence-corrected chi connectivity index (χ4v) is 3.01. The van der Waals surface area contributed by atoms with Gasteiger partial charge in [0.25, 0.3) is 0 Å². The van der Waals surface area contributed by atoms with Crippen molar-refractivity contribution >= 4 is 23.7 Å². The molecule has 0 unspecified atom stereocenters. The monoisotopic (exact) mass is 368 g/mol. The third-order valence-electron chi connectivity index (χ3n) is 3.61. The first kappa shape index (κ1) is 19.6. The molecule has 1 aromatic rings. The zero-order chi connectivity index (χ0) is 18.4. The van der Waals surface area contributed by atoms with Crippen molar-refractivity contribution in [2.45, 2.75) is 57.3 Å².